The summed E-state index contributed by atoms with van der Waals surface area (Å²) < 4.78 is 0. The minimum Gasteiger partial charge on any atom is -0.292 e. The Bertz CT molecular complexity index is 130. The van der Waals surface area contributed by atoms with Gasteiger partial charge in [0.1, 0.15) is 0 Å². The summed E-state index contributed by atoms with van der Waals surface area (Å²) in [6, 6.07) is 0. The first-order valence-corrected chi connectivity index (χ1v) is 3.98. The molecule has 0 rings (SSSR count). The molecule has 0 heterocycles. The van der Waals surface area contributed by atoms with Gasteiger partial charge in [-0.3, -0.25) is 4.90 Å². The van der Waals surface area contributed by atoms with Gasteiger partial charge >= 0.3 is 0 Å². The van der Waals surface area contributed by atoms with E-state index >= 15 is 0 Å². The molecule has 0 spiro atoms. The second-order valence-corrected chi connectivity index (χ2v) is 2.41. The summed E-state index contributed by atoms with van der Waals surface area (Å²) >= 11 is 5.39. The Labute approximate surface area is 73.7 Å². The van der Waals surface area contributed by atoms with Gasteiger partial charge in [-0.2, -0.15) is 0 Å². The van der Waals surface area contributed by atoms with E-state index in [0.29, 0.717) is 0 Å². The molecule has 0 aromatic carbocycles. The largest absolute Gasteiger partial charge is 0.292 e. The lowest BCUT2D eigenvalue weighted by molar-refractivity contribution is 0.373. The Morgan fingerprint density at radius 2 is 1.64 bits per heavy atom. The molecule has 0 aromatic rings. The summed E-state index contributed by atoms with van der Waals surface area (Å²) in [5, 5.41) is 0. The van der Waals surface area contributed by atoms with E-state index in [1.165, 1.54) is 5.54 Å². The standard InChI is InChI=1S/C9H14ClN/c1-3-7-11(8-4-2)9-5-6-10/h3-6H,1-2,7-9H2. The van der Waals surface area contributed by atoms with Crippen molar-refractivity contribution in [3.05, 3.63) is 36.9 Å². The highest BCUT2D eigenvalue weighted by Crippen LogP contribution is 1.90. The molecule has 0 unspecified atom stereocenters. The molecule has 0 aliphatic heterocycles. The lowest BCUT2D eigenvalue weighted by Gasteiger charge is -2.15. The highest BCUT2D eigenvalue weighted by Gasteiger charge is 1.94. The van der Waals surface area contributed by atoms with E-state index in [0.717, 1.165) is 19.6 Å². The second-order valence-electron chi connectivity index (χ2n) is 2.16. The van der Waals surface area contributed by atoms with E-state index in [2.05, 4.69) is 18.1 Å². The first kappa shape index (κ1) is 10.5. The SMILES string of the molecule is C=CCN(CC=C)CC=CCl. The van der Waals surface area contributed by atoms with E-state index in [1.54, 1.807) is 0 Å². The third-order valence-electron chi connectivity index (χ3n) is 1.23. The van der Waals surface area contributed by atoms with Crippen LogP contribution in [0.4, 0.5) is 0 Å². The summed E-state index contributed by atoms with van der Waals surface area (Å²) in [5.74, 6) is 0. The van der Waals surface area contributed by atoms with Gasteiger partial charge in [-0.25, -0.2) is 0 Å². The topological polar surface area (TPSA) is 3.24 Å². The van der Waals surface area contributed by atoms with Crippen LogP contribution >= 0.6 is 11.6 Å². The van der Waals surface area contributed by atoms with Gasteiger partial charge in [0.25, 0.3) is 0 Å². The van der Waals surface area contributed by atoms with Crippen LogP contribution in [0, 0.1) is 0 Å². The van der Waals surface area contributed by atoms with Crippen molar-refractivity contribution in [1.29, 1.82) is 0 Å². The second kappa shape index (κ2) is 7.58. The van der Waals surface area contributed by atoms with Crippen molar-refractivity contribution in [3.8, 4) is 0 Å². The van der Waals surface area contributed by atoms with Crippen LogP contribution < -0.4 is 0 Å². The first-order chi connectivity index (χ1) is 5.35. The molecule has 0 aliphatic rings. The molecule has 0 saturated carbocycles. The molecule has 62 valence electrons. The molecule has 0 fully saturated rings. The van der Waals surface area contributed by atoms with E-state index in [9.17, 15) is 0 Å². The highest BCUT2D eigenvalue weighted by atomic mass is 35.5. The van der Waals surface area contributed by atoms with Crippen molar-refractivity contribution < 1.29 is 0 Å². The number of halogens is 1. The van der Waals surface area contributed by atoms with Gasteiger partial charge in [0.2, 0.25) is 0 Å². The molecule has 0 aliphatic carbocycles. The maximum Gasteiger partial charge on any atom is 0.0181 e. The van der Waals surface area contributed by atoms with Crippen LogP contribution in [0.3, 0.4) is 0 Å². The minimum absolute atomic E-state index is 0.849. The molecular weight excluding hydrogens is 158 g/mol. The summed E-state index contributed by atoms with van der Waals surface area (Å²) in [4.78, 5) is 2.17. The van der Waals surface area contributed by atoms with Crippen LogP contribution in [0.2, 0.25) is 0 Å². The molecule has 0 amide bonds. The Kier molecular flexibility index (Phi) is 7.21. The molecule has 2 heteroatoms. The molecular formula is C9H14ClN. The molecule has 1 nitrogen and oxygen atoms in total. The van der Waals surface area contributed by atoms with Crippen LogP contribution in [0.5, 0.6) is 0 Å². The minimum atomic E-state index is 0.849. The Hall–Kier alpha value is -0.530. The fraction of sp³-hybridized carbons (Fsp3) is 0.333. The van der Waals surface area contributed by atoms with Gasteiger partial charge in [-0.05, 0) is 0 Å². The molecule has 0 atom stereocenters. The van der Waals surface area contributed by atoms with Crippen molar-refractivity contribution >= 4 is 11.6 Å². The van der Waals surface area contributed by atoms with E-state index in [4.69, 9.17) is 11.6 Å². The molecule has 0 N–H and O–H groups in total. The van der Waals surface area contributed by atoms with Crippen molar-refractivity contribution in [2.24, 2.45) is 0 Å². The van der Waals surface area contributed by atoms with Gasteiger partial charge in [0, 0.05) is 25.2 Å². The summed E-state index contributed by atoms with van der Waals surface area (Å²) in [6.45, 7) is 9.90. The van der Waals surface area contributed by atoms with Crippen molar-refractivity contribution in [1.82, 2.24) is 4.90 Å². The van der Waals surface area contributed by atoms with E-state index in [-0.39, 0.29) is 0 Å². The quantitative estimate of drug-likeness (QED) is 0.555. The lowest BCUT2D eigenvalue weighted by atomic mass is 10.4. The summed E-state index contributed by atoms with van der Waals surface area (Å²) in [6.07, 6.45) is 5.63. The fourth-order valence-corrected chi connectivity index (χ4v) is 0.857. The van der Waals surface area contributed by atoms with Crippen molar-refractivity contribution in [3.63, 3.8) is 0 Å². The zero-order chi connectivity index (χ0) is 8.53. The van der Waals surface area contributed by atoms with Crippen LogP contribution in [0.15, 0.2) is 36.9 Å². The number of hydrogen-bond acceptors (Lipinski definition) is 1. The van der Waals surface area contributed by atoms with Gasteiger partial charge in [0.05, 0.1) is 0 Å². The maximum absolute atomic E-state index is 5.39. The predicted molar refractivity (Wildman–Crippen MR) is 51.8 cm³/mol. The zero-order valence-electron chi connectivity index (χ0n) is 6.67. The molecule has 0 radical (unpaired) electrons. The number of rotatable bonds is 6. The molecule has 11 heavy (non-hydrogen) atoms. The average Bonchev–Trinajstić information content (AvgIpc) is 2.01. The summed E-state index contributed by atoms with van der Waals surface area (Å²) in [5.41, 5.74) is 1.53. The zero-order valence-corrected chi connectivity index (χ0v) is 7.43. The van der Waals surface area contributed by atoms with Crippen LogP contribution in [-0.2, 0) is 0 Å². The van der Waals surface area contributed by atoms with Crippen molar-refractivity contribution in [2.45, 2.75) is 0 Å². The maximum atomic E-state index is 5.39. The third-order valence-corrected chi connectivity index (χ3v) is 1.41. The average molecular weight is 172 g/mol. The molecule has 0 aromatic heterocycles. The van der Waals surface area contributed by atoms with Crippen LogP contribution in [0.25, 0.3) is 0 Å². The van der Waals surface area contributed by atoms with Gasteiger partial charge < -0.3 is 0 Å². The first-order valence-electron chi connectivity index (χ1n) is 3.54. The third kappa shape index (κ3) is 5.89. The van der Waals surface area contributed by atoms with Gasteiger partial charge in [-0.15, -0.1) is 13.2 Å². The highest BCUT2D eigenvalue weighted by molar-refractivity contribution is 6.25. The molecule has 0 bridgehead atoms. The van der Waals surface area contributed by atoms with Crippen LogP contribution in [-0.4, -0.2) is 24.5 Å². The summed E-state index contributed by atoms with van der Waals surface area (Å²) in [7, 11) is 0. The number of hydrogen-bond donors (Lipinski definition) is 0. The smallest absolute Gasteiger partial charge is 0.0181 e. The monoisotopic (exact) mass is 171 g/mol. The fourth-order valence-electron chi connectivity index (χ4n) is 0.778. The van der Waals surface area contributed by atoms with Gasteiger partial charge in [0.15, 0.2) is 0 Å². The Morgan fingerprint density at radius 1 is 1.09 bits per heavy atom. The lowest BCUT2D eigenvalue weighted by Crippen LogP contribution is -2.23. The van der Waals surface area contributed by atoms with Crippen LogP contribution in [0.1, 0.15) is 0 Å². The molecule has 0 saturated heterocycles. The Balaban J connectivity index is 3.66. The van der Waals surface area contributed by atoms with E-state index < -0.39 is 0 Å². The predicted octanol–water partition coefficient (Wildman–Crippen LogP) is 2.41. The Morgan fingerprint density at radius 3 is 2.00 bits per heavy atom. The number of nitrogens with zero attached hydrogens (tertiary/aromatic N) is 1. The van der Waals surface area contributed by atoms with Crippen molar-refractivity contribution in [2.75, 3.05) is 19.6 Å². The normalized spacial score (nSPS) is 10.7. The van der Waals surface area contributed by atoms with E-state index in [1.807, 2.05) is 18.2 Å². The van der Waals surface area contributed by atoms with Gasteiger partial charge in [-0.1, -0.05) is 29.8 Å².